The van der Waals surface area contributed by atoms with Crippen molar-refractivity contribution in [1.82, 2.24) is 19.9 Å². The van der Waals surface area contributed by atoms with Crippen molar-refractivity contribution in [1.29, 1.82) is 0 Å². The number of rotatable bonds is 10. The van der Waals surface area contributed by atoms with Crippen LogP contribution in [0.3, 0.4) is 0 Å². The molecule has 2 aromatic carbocycles. The summed E-state index contributed by atoms with van der Waals surface area (Å²) in [6, 6.07) is 19.2. The highest BCUT2D eigenvalue weighted by Crippen LogP contribution is 2.29. The Bertz CT molecular complexity index is 1590. The van der Waals surface area contributed by atoms with Gasteiger partial charge in [0, 0.05) is 54.2 Å². The topological polar surface area (TPSA) is 109 Å². The molecule has 2 aromatic heterocycles. The number of nitrogens with one attached hydrogen (secondary N) is 2. The van der Waals surface area contributed by atoms with Crippen LogP contribution >= 0.6 is 0 Å². The van der Waals surface area contributed by atoms with Gasteiger partial charge in [0.1, 0.15) is 6.73 Å². The molecule has 1 atom stereocenters. The van der Waals surface area contributed by atoms with E-state index in [1.165, 1.54) is 5.56 Å². The van der Waals surface area contributed by atoms with Crippen molar-refractivity contribution >= 4 is 29.2 Å². The standard InChI is InChI=1S/C35H40N6O3/c1-5-35(3,4)33(43)44-23-41-19-7-9-28(22-41)25-11-13-26(14-12-25)32(42)38-29-15-10-24(2)31(20-29)40-34-37-18-16-30(39-34)27-8-6-17-36-21-27/h6,8,10-18,20-21,28H,5,7,9,19,22-23H2,1-4H3,(H,38,42)(H,37,39,40). The number of esters is 1. The number of aromatic nitrogens is 3. The SMILES string of the molecule is CCC(C)(C)C(=O)OCN1CCCC(c2ccc(C(=O)Nc3ccc(C)c(Nc4nccc(-c5cccnc5)n4)c3)cc2)C1. The molecule has 0 bridgehead atoms. The van der Waals surface area contributed by atoms with Crippen molar-refractivity contribution in [2.75, 3.05) is 30.5 Å². The van der Waals surface area contributed by atoms with Crippen LogP contribution in [0.15, 0.2) is 79.3 Å². The van der Waals surface area contributed by atoms with E-state index in [9.17, 15) is 9.59 Å². The van der Waals surface area contributed by atoms with E-state index in [2.05, 4.69) is 30.5 Å². The number of ether oxygens (including phenoxy) is 1. The zero-order valence-corrected chi connectivity index (χ0v) is 25.8. The van der Waals surface area contributed by atoms with Crippen molar-refractivity contribution < 1.29 is 14.3 Å². The Hall–Kier alpha value is -4.63. The number of piperidine rings is 1. The molecule has 44 heavy (non-hydrogen) atoms. The van der Waals surface area contributed by atoms with Crippen LogP contribution in [0.25, 0.3) is 11.3 Å². The van der Waals surface area contributed by atoms with Crippen molar-refractivity contribution in [3.63, 3.8) is 0 Å². The zero-order valence-electron chi connectivity index (χ0n) is 25.8. The van der Waals surface area contributed by atoms with Gasteiger partial charge in [-0.3, -0.25) is 19.5 Å². The van der Waals surface area contributed by atoms with Crippen LogP contribution in [0.4, 0.5) is 17.3 Å². The first-order valence-electron chi connectivity index (χ1n) is 15.1. The molecule has 1 unspecified atom stereocenters. The molecule has 0 aliphatic carbocycles. The number of hydrogen-bond acceptors (Lipinski definition) is 8. The van der Waals surface area contributed by atoms with Crippen molar-refractivity contribution in [2.24, 2.45) is 5.41 Å². The van der Waals surface area contributed by atoms with Gasteiger partial charge < -0.3 is 15.4 Å². The second-order valence-electron chi connectivity index (χ2n) is 12.0. The largest absolute Gasteiger partial charge is 0.449 e. The molecule has 0 spiro atoms. The van der Waals surface area contributed by atoms with Crippen LogP contribution in [0.2, 0.25) is 0 Å². The summed E-state index contributed by atoms with van der Waals surface area (Å²) in [6.45, 7) is 9.86. The fourth-order valence-electron chi connectivity index (χ4n) is 5.09. The molecule has 3 heterocycles. The Balaban J connectivity index is 1.19. The van der Waals surface area contributed by atoms with E-state index in [-0.39, 0.29) is 11.9 Å². The predicted molar refractivity (Wildman–Crippen MR) is 173 cm³/mol. The third-order valence-corrected chi connectivity index (χ3v) is 8.32. The molecule has 9 heteroatoms. The molecule has 1 aliphatic heterocycles. The van der Waals surface area contributed by atoms with Crippen LogP contribution in [0.5, 0.6) is 0 Å². The molecule has 4 aromatic rings. The lowest BCUT2D eigenvalue weighted by molar-refractivity contribution is -0.159. The molecule has 0 radical (unpaired) electrons. The van der Waals surface area contributed by atoms with Crippen molar-refractivity contribution in [3.05, 3.63) is 95.9 Å². The van der Waals surface area contributed by atoms with E-state index >= 15 is 0 Å². The number of hydrogen-bond donors (Lipinski definition) is 2. The number of likely N-dealkylation sites (tertiary alicyclic amines) is 1. The first kappa shape index (κ1) is 30.8. The fraction of sp³-hybridized carbons (Fsp3) is 0.343. The maximum Gasteiger partial charge on any atom is 0.312 e. The summed E-state index contributed by atoms with van der Waals surface area (Å²) in [6.07, 6.45) is 8.03. The van der Waals surface area contributed by atoms with E-state index in [4.69, 9.17) is 4.74 Å². The molecule has 0 saturated carbocycles. The Morgan fingerprint density at radius 1 is 1.07 bits per heavy atom. The van der Waals surface area contributed by atoms with Gasteiger partial charge in [-0.25, -0.2) is 9.97 Å². The maximum atomic E-state index is 13.1. The second kappa shape index (κ2) is 13.8. The van der Waals surface area contributed by atoms with E-state index in [1.54, 1.807) is 18.6 Å². The van der Waals surface area contributed by atoms with Gasteiger partial charge in [-0.2, -0.15) is 0 Å². The Labute approximate surface area is 259 Å². The normalized spacial score (nSPS) is 15.4. The average molecular weight is 593 g/mol. The number of carbonyl (C=O) groups excluding carboxylic acids is 2. The summed E-state index contributed by atoms with van der Waals surface area (Å²) in [5, 5.41) is 6.30. The lowest BCUT2D eigenvalue weighted by Crippen LogP contribution is -2.38. The van der Waals surface area contributed by atoms with Crippen molar-refractivity contribution in [3.8, 4) is 11.3 Å². The number of amides is 1. The summed E-state index contributed by atoms with van der Waals surface area (Å²) in [4.78, 5) is 40.9. The second-order valence-corrected chi connectivity index (χ2v) is 12.0. The number of nitrogens with zero attached hydrogens (tertiary/aromatic N) is 4. The number of carbonyl (C=O) groups is 2. The minimum atomic E-state index is -0.469. The molecule has 5 rings (SSSR count). The highest BCUT2D eigenvalue weighted by atomic mass is 16.5. The smallest absolute Gasteiger partial charge is 0.312 e. The molecule has 1 saturated heterocycles. The zero-order chi connectivity index (χ0) is 31.1. The highest BCUT2D eigenvalue weighted by Gasteiger charge is 2.29. The first-order chi connectivity index (χ1) is 21.2. The highest BCUT2D eigenvalue weighted by molar-refractivity contribution is 6.04. The summed E-state index contributed by atoms with van der Waals surface area (Å²) >= 11 is 0. The van der Waals surface area contributed by atoms with Crippen LogP contribution in [0, 0.1) is 12.3 Å². The van der Waals surface area contributed by atoms with E-state index in [0.29, 0.717) is 29.8 Å². The van der Waals surface area contributed by atoms with Crippen LogP contribution in [-0.2, 0) is 9.53 Å². The first-order valence-corrected chi connectivity index (χ1v) is 15.1. The van der Waals surface area contributed by atoms with Gasteiger partial charge in [0.25, 0.3) is 5.91 Å². The van der Waals surface area contributed by atoms with E-state index in [1.807, 2.05) is 88.4 Å². The molecular weight excluding hydrogens is 552 g/mol. The van der Waals surface area contributed by atoms with Gasteiger partial charge in [-0.05, 0) is 99.5 Å². The minimum Gasteiger partial charge on any atom is -0.449 e. The maximum absolute atomic E-state index is 13.1. The Morgan fingerprint density at radius 3 is 2.64 bits per heavy atom. The molecule has 2 N–H and O–H groups in total. The van der Waals surface area contributed by atoms with Gasteiger partial charge in [0.2, 0.25) is 5.95 Å². The number of anilines is 3. The van der Waals surface area contributed by atoms with Gasteiger partial charge >= 0.3 is 5.97 Å². The fourth-order valence-corrected chi connectivity index (χ4v) is 5.09. The molecule has 9 nitrogen and oxygen atoms in total. The monoisotopic (exact) mass is 592 g/mol. The minimum absolute atomic E-state index is 0.155. The van der Waals surface area contributed by atoms with Crippen LogP contribution in [-0.4, -0.2) is 51.5 Å². The molecule has 1 amide bonds. The molecular formula is C35H40N6O3. The molecule has 1 fully saturated rings. The molecule has 1 aliphatic rings. The summed E-state index contributed by atoms with van der Waals surface area (Å²) in [5.41, 5.74) is 5.42. The van der Waals surface area contributed by atoms with Crippen LogP contribution < -0.4 is 10.6 Å². The third-order valence-electron chi connectivity index (χ3n) is 8.32. The quantitative estimate of drug-likeness (QED) is 0.190. The van der Waals surface area contributed by atoms with E-state index < -0.39 is 5.41 Å². The van der Waals surface area contributed by atoms with Crippen molar-refractivity contribution in [2.45, 2.75) is 52.9 Å². The Morgan fingerprint density at radius 2 is 1.89 bits per heavy atom. The van der Waals surface area contributed by atoms with Gasteiger partial charge in [-0.15, -0.1) is 0 Å². The van der Waals surface area contributed by atoms with Crippen LogP contribution in [0.1, 0.15) is 67.4 Å². The number of pyridine rings is 1. The summed E-state index contributed by atoms with van der Waals surface area (Å²) in [5.74, 6) is 0.440. The van der Waals surface area contributed by atoms with Gasteiger partial charge in [0.05, 0.1) is 11.1 Å². The van der Waals surface area contributed by atoms with Gasteiger partial charge in [0.15, 0.2) is 0 Å². The third kappa shape index (κ3) is 7.65. The molecule has 228 valence electrons. The summed E-state index contributed by atoms with van der Waals surface area (Å²) < 4.78 is 5.62. The average Bonchev–Trinajstić information content (AvgIpc) is 3.06. The number of aryl methyl sites for hydroxylation is 1. The predicted octanol–water partition coefficient (Wildman–Crippen LogP) is 6.96. The lowest BCUT2D eigenvalue weighted by atomic mass is 9.90. The van der Waals surface area contributed by atoms with Gasteiger partial charge in [-0.1, -0.05) is 25.1 Å². The number of benzene rings is 2. The van der Waals surface area contributed by atoms with E-state index in [0.717, 1.165) is 54.9 Å². The summed E-state index contributed by atoms with van der Waals surface area (Å²) in [7, 11) is 0. The lowest BCUT2D eigenvalue weighted by Gasteiger charge is -2.33. The Kier molecular flexibility index (Phi) is 9.65.